The summed E-state index contributed by atoms with van der Waals surface area (Å²) in [7, 11) is 0. The molecule has 2 aliphatic heterocycles. The number of aromatic nitrogens is 1. The van der Waals surface area contributed by atoms with E-state index in [0.717, 1.165) is 25.9 Å². The fourth-order valence-electron chi connectivity index (χ4n) is 3.80. The molecular formula is C22H27N3O4. The van der Waals surface area contributed by atoms with Gasteiger partial charge in [0, 0.05) is 45.2 Å². The summed E-state index contributed by atoms with van der Waals surface area (Å²) in [5.74, 6) is 0.318. The molecule has 0 saturated carbocycles. The van der Waals surface area contributed by atoms with Crippen LogP contribution in [0.2, 0.25) is 0 Å². The zero-order valence-corrected chi connectivity index (χ0v) is 16.4. The standard InChI is InChI=1S/C22H27N3O4/c26-19(15-25-13-16-3-1-2-4-17(16)14-25)11-24-22(27)18-9-21(12-23-10-18)29-20-5-7-28-8-6-20/h1-4,9-10,12,19-20,26H,5-8,11,13-15H2,(H,24,27). The first-order valence-electron chi connectivity index (χ1n) is 10.1. The van der Waals surface area contributed by atoms with Crippen LogP contribution in [0.5, 0.6) is 5.75 Å². The third-order valence-electron chi connectivity index (χ3n) is 5.32. The highest BCUT2D eigenvalue weighted by molar-refractivity contribution is 5.94. The van der Waals surface area contributed by atoms with Gasteiger partial charge in [-0.3, -0.25) is 14.7 Å². The van der Waals surface area contributed by atoms with Gasteiger partial charge in [-0.1, -0.05) is 24.3 Å². The Labute approximate surface area is 170 Å². The van der Waals surface area contributed by atoms with Crippen molar-refractivity contribution >= 4 is 5.91 Å². The summed E-state index contributed by atoms with van der Waals surface area (Å²) in [5, 5.41) is 13.1. The molecule has 1 aromatic carbocycles. The lowest BCUT2D eigenvalue weighted by Crippen LogP contribution is -2.38. The Bertz CT molecular complexity index is 813. The maximum absolute atomic E-state index is 12.5. The van der Waals surface area contributed by atoms with E-state index in [9.17, 15) is 9.90 Å². The molecule has 0 bridgehead atoms. The number of aliphatic hydroxyl groups is 1. The predicted octanol–water partition coefficient (Wildman–Crippen LogP) is 1.75. The highest BCUT2D eigenvalue weighted by atomic mass is 16.5. The first-order valence-corrected chi connectivity index (χ1v) is 10.1. The number of pyridine rings is 1. The largest absolute Gasteiger partial charge is 0.489 e. The van der Waals surface area contributed by atoms with Gasteiger partial charge in [0.05, 0.1) is 31.1 Å². The number of rotatable bonds is 7. The van der Waals surface area contributed by atoms with E-state index in [1.165, 1.54) is 17.3 Å². The van der Waals surface area contributed by atoms with Crippen LogP contribution < -0.4 is 10.1 Å². The van der Waals surface area contributed by atoms with Gasteiger partial charge in [0.25, 0.3) is 5.91 Å². The van der Waals surface area contributed by atoms with E-state index in [-0.39, 0.29) is 18.6 Å². The van der Waals surface area contributed by atoms with Gasteiger partial charge in [-0.05, 0) is 17.2 Å². The summed E-state index contributed by atoms with van der Waals surface area (Å²) in [4.78, 5) is 18.8. The van der Waals surface area contributed by atoms with Crippen LogP contribution in [-0.2, 0) is 17.8 Å². The van der Waals surface area contributed by atoms with E-state index < -0.39 is 6.10 Å². The van der Waals surface area contributed by atoms with Crippen molar-refractivity contribution < 1.29 is 19.4 Å². The van der Waals surface area contributed by atoms with Gasteiger partial charge in [-0.15, -0.1) is 0 Å². The van der Waals surface area contributed by atoms with Crippen molar-refractivity contribution in [2.24, 2.45) is 0 Å². The van der Waals surface area contributed by atoms with Gasteiger partial charge in [0.2, 0.25) is 0 Å². The molecule has 2 aliphatic rings. The molecule has 1 saturated heterocycles. The summed E-state index contributed by atoms with van der Waals surface area (Å²) < 4.78 is 11.2. The number of aliphatic hydroxyl groups excluding tert-OH is 1. The smallest absolute Gasteiger partial charge is 0.253 e. The molecule has 0 radical (unpaired) electrons. The third-order valence-corrected chi connectivity index (χ3v) is 5.32. The highest BCUT2D eigenvalue weighted by Crippen LogP contribution is 2.22. The van der Waals surface area contributed by atoms with Gasteiger partial charge in [-0.2, -0.15) is 0 Å². The predicted molar refractivity (Wildman–Crippen MR) is 108 cm³/mol. The van der Waals surface area contributed by atoms with Crippen LogP contribution in [-0.4, -0.2) is 59.4 Å². The minimum absolute atomic E-state index is 0.0928. The Balaban J connectivity index is 1.24. The average molecular weight is 397 g/mol. The van der Waals surface area contributed by atoms with Gasteiger partial charge >= 0.3 is 0 Å². The summed E-state index contributed by atoms with van der Waals surface area (Å²) in [6.07, 6.45) is 4.26. The molecule has 3 heterocycles. The Morgan fingerprint density at radius 1 is 1.24 bits per heavy atom. The second-order valence-electron chi connectivity index (χ2n) is 7.64. The first-order chi connectivity index (χ1) is 14.2. The zero-order valence-electron chi connectivity index (χ0n) is 16.4. The molecule has 154 valence electrons. The lowest BCUT2D eigenvalue weighted by molar-refractivity contribution is 0.0254. The van der Waals surface area contributed by atoms with E-state index in [1.54, 1.807) is 12.3 Å². The van der Waals surface area contributed by atoms with Crippen molar-refractivity contribution in [2.45, 2.75) is 38.1 Å². The number of hydrogen-bond acceptors (Lipinski definition) is 6. The Morgan fingerprint density at radius 3 is 2.69 bits per heavy atom. The summed E-state index contributed by atoms with van der Waals surface area (Å²) in [6, 6.07) is 10.00. The Kier molecular flexibility index (Phi) is 6.39. The summed E-state index contributed by atoms with van der Waals surface area (Å²) in [6.45, 7) is 3.75. The number of nitrogens with zero attached hydrogens (tertiary/aromatic N) is 2. The van der Waals surface area contributed by atoms with Crippen LogP contribution in [0.1, 0.15) is 34.3 Å². The lowest BCUT2D eigenvalue weighted by atomic mass is 10.1. The van der Waals surface area contributed by atoms with E-state index in [2.05, 4.69) is 27.3 Å². The van der Waals surface area contributed by atoms with Crippen molar-refractivity contribution in [1.29, 1.82) is 0 Å². The molecule has 7 heteroatoms. The van der Waals surface area contributed by atoms with E-state index in [4.69, 9.17) is 9.47 Å². The van der Waals surface area contributed by atoms with Gasteiger partial charge in [0.1, 0.15) is 11.9 Å². The molecule has 1 aromatic heterocycles. The number of nitrogens with one attached hydrogen (secondary N) is 1. The average Bonchev–Trinajstić information content (AvgIpc) is 3.15. The van der Waals surface area contributed by atoms with Crippen LogP contribution in [0.25, 0.3) is 0 Å². The fourth-order valence-corrected chi connectivity index (χ4v) is 3.80. The normalized spacial score (nSPS) is 18.2. The second kappa shape index (κ2) is 9.35. The number of hydrogen-bond donors (Lipinski definition) is 2. The molecule has 4 rings (SSSR count). The molecule has 1 amide bonds. The molecule has 0 aliphatic carbocycles. The van der Waals surface area contributed by atoms with Gasteiger partial charge in [0.15, 0.2) is 0 Å². The maximum atomic E-state index is 12.5. The molecule has 29 heavy (non-hydrogen) atoms. The summed E-state index contributed by atoms with van der Waals surface area (Å²) >= 11 is 0. The molecular weight excluding hydrogens is 370 g/mol. The number of benzene rings is 1. The van der Waals surface area contributed by atoms with Gasteiger partial charge in [-0.25, -0.2) is 0 Å². The molecule has 2 aromatic rings. The maximum Gasteiger partial charge on any atom is 0.253 e. The Hall–Kier alpha value is -2.48. The van der Waals surface area contributed by atoms with Crippen LogP contribution in [0.15, 0.2) is 42.7 Å². The van der Waals surface area contributed by atoms with Crippen LogP contribution in [0.4, 0.5) is 0 Å². The topological polar surface area (TPSA) is 83.9 Å². The molecule has 7 nitrogen and oxygen atoms in total. The van der Waals surface area contributed by atoms with Crippen molar-refractivity contribution in [3.05, 3.63) is 59.4 Å². The first kappa shape index (κ1) is 19.8. The quantitative estimate of drug-likeness (QED) is 0.741. The van der Waals surface area contributed by atoms with E-state index >= 15 is 0 Å². The second-order valence-corrected chi connectivity index (χ2v) is 7.64. The van der Waals surface area contributed by atoms with Crippen molar-refractivity contribution in [2.75, 3.05) is 26.3 Å². The van der Waals surface area contributed by atoms with Crippen LogP contribution in [0.3, 0.4) is 0 Å². The number of fused-ring (bicyclic) bond motifs is 1. The van der Waals surface area contributed by atoms with Crippen LogP contribution >= 0.6 is 0 Å². The number of ether oxygens (including phenoxy) is 2. The lowest BCUT2D eigenvalue weighted by Gasteiger charge is -2.23. The fraction of sp³-hybridized carbons (Fsp3) is 0.455. The minimum Gasteiger partial charge on any atom is -0.489 e. The van der Waals surface area contributed by atoms with Crippen molar-refractivity contribution in [1.82, 2.24) is 15.2 Å². The van der Waals surface area contributed by atoms with E-state index in [0.29, 0.717) is 31.1 Å². The van der Waals surface area contributed by atoms with Crippen molar-refractivity contribution in [3.8, 4) is 5.75 Å². The molecule has 1 unspecified atom stereocenters. The summed E-state index contributed by atoms with van der Waals surface area (Å²) in [5.41, 5.74) is 3.03. The number of β-amino-alcohol motifs (C(OH)–C–C–N with tert-alkyl or cyclic N) is 1. The SMILES string of the molecule is O=C(NCC(O)CN1Cc2ccccc2C1)c1cncc(OC2CCOCC2)c1. The molecule has 0 spiro atoms. The molecule has 1 atom stereocenters. The minimum atomic E-state index is -0.636. The molecule has 1 fully saturated rings. The number of carbonyl (C=O) groups is 1. The van der Waals surface area contributed by atoms with Crippen molar-refractivity contribution in [3.63, 3.8) is 0 Å². The number of amides is 1. The number of carbonyl (C=O) groups excluding carboxylic acids is 1. The van der Waals surface area contributed by atoms with Gasteiger partial charge < -0.3 is 19.9 Å². The molecule has 2 N–H and O–H groups in total. The van der Waals surface area contributed by atoms with E-state index in [1.807, 2.05) is 12.1 Å². The third kappa shape index (κ3) is 5.32. The Morgan fingerprint density at radius 2 is 1.97 bits per heavy atom. The highest BCUT2D eigenvalue weighted by Gasteiger charge is 2.21. The van der Waals surface area contributed by atoms with Crippen LogP contribution in [0, 0.1) is 0 Å². The zero-order chi connectivity index (χ0) is 20.1. The monoisotopic (exact) mass is 397 g/mol.